The lowest BCUT2D eigenvalue weighted by atomic mass is 9.90. The normalized spacial score (nSPS) is 31.6. The maximum absolute atomic E-state index is 12.1. The Labute approximate surface area is 142 Å². The third-order valence-electron chi connectivity index (χ3n) is 5.46. The second-order valence-corrected chi connectivity index (χ2v) is 8.25. The number of thiophene rings is 1. The number of ether oxygens (including phenoxy) is 1. The average Bonchev–Trinajstić information content (AvgIpc) is 3.05. The van der Waals surface area contributed by atoms with Gasteiger partial charge in [0.1, 0.15) is 0 Å². The predicted molar refractivity (Wildman–Crippen MR) is 91.9 cm³/mol. The Morgan fingerprint density at radius 1 is 1.39 bits per heavy atom. The van der Waals surface area contributed by atoms with E-state index in [1.54, 1.807) is 11.3 Å². The Morgan fingerprint density at radius 3 is 3.09 bits per heavy atom. The first-order chi connectivity index (χ1) is 11.2. The molecule has 2 atom stereocenters. The van der Waals surface area contributed by atoms with E-state index in [1.165, 1.54) is 38.8 Å². The van der Waals surface area contributed by atoms with Crippen LogP contribution in [0.5, 0.6) is 0 Å². The molecule has 4 rings (SSSR count). The van der Waals surface area contributed by atoms with Gasteiger partial charge in [0.15, 0.2) is 0 Å². The van der Waals surface area contributed by atoms with Crippen LogP contribution >= 0.6 is 11.3 Å². The number of carbonyl (C=O) groups excluding carboxylic acids is 1. The van der Waals surface area contributed by atoms with Crippen molar-refractivity contribution in [2.75, 3.05) is 26.2 Å². The van der Waals surface area contributed by atoms with Gasteiger partial charge in [-0.15, -0.1) is 0 Å². The van der Waals surface area contributed by atoms with Crippen molar-refractivity contribution in [2.45, 2.75) is 50.2 Å². The zero-order chi connectivity index (χ0) is 15.7. The summed E-state index contributed by atoms with van der Waals surface area (Å²) in [5, 5.41) is 6.88. The summed E-state index contributed by atoms with van der Waals surface area (Å²) in [7, 11) is 0. The topological polar surface area (TPSA) is 41.6 Å². The smallest absolute Gasteiger partial charge is 0.252 e. The van der Waals surface area contributed by atoms with E-state index in [0.717, 1.165) is 30.9 Å². The van der Waals surface area contributed by atoms with E-state index in [0.29, 0.717) is 6.54 Å². The van der Waals surface area contributed by atoms with Gasteiger partial charge in [-0.25, -0.2) is 0 Å². The number of nitrogens with zero attached hydrogens (tertiary/aromatic N) is 1. The lowest BCUT2D eigenvalue weighted by Gasteiger charge is -2.39. The van der Waals surface area contributed by atoms with Crippen molar-refractivity contribution in [3.63, 3.8) is 0 Å². The molecule has 3 fully saturated rings. The quantitative estimate of drug-likeness (QED) is 0.900. The fourth-order valence-corrected chi connectivity index (χ4v) is 4.65. The van der Waals surface area contributed by atoms with Gasteiger partial charge in [-0.05, 0) is 55.9 Å². The van der Waals surface area contributed by atoms with E-state index in [-0.39, 0.29) is 17.6 Å². The molecular weight excluding hydrogens is 308 g/mol. The van der Waals surface area contributed by atoms with Crippen molar-refractivity contribution >= 4 is 17.2 Å². The average molecular weight is 334 g/mol. The van der Waals surface area contributed by atoms with E-state index < -0.39 is 0 Å². The second-order valence-electron chi connectivity index (χ2n) is 7.47. The van der Waals surface area contributed by atoms with Crippen LogP contribution in [-0.4, -0.2) is 48.7 Å². The highest BCUT2D eigenvalue weighted by atomic mass is 32.1. The Balaban J connectivity index is 1.28. The molecule has 0 aromatic carbocycles. The number of amides is 1. The van der Waals surface area contributed by atoms with Crippen molar-refractivity contribution in [3.8, 4) is 0 Å². The number of hydrogen-bond acceptors (Lipinski definition) is 4. The van der Waals surface area contributed by atoms with E-state index in [9.17, 15) is 4.79 Å². The summed E-state index contributed by atoms with van der Waals surface area (Å²) in [6, 6.07) is 1.87. The third kappa shape index (κ3) is 3.78. The van der Waals surface area contributed by atoms with Gasteiger partial charge in [-0.1, -0.05) is 0 Å². The maximum atomic E-state index is 12.1. The minimum atomic E-state index is 0.0243. The van der Waals surface area contributed by atoms with Gasteiger partial charge in [0.25, 0.3) is 5.91 Å². The van der Waals surface area contributed by atoms with Gasteiger partial charge in [0, 0.05) is 37.1 Å². The Bertz CT molecular complexity index is 543. The summed E-state index contributed by atoms with van der Waals surface area (Å²) in [6.07, 6.45) is 7.64. The fraction of sp³-hybridized carbons (Fsp3) is 0.722. The first-order valence-corrected chi connectivity index (χ1v) is 9.87. The van der Waals surface area contributed by atoms with Crippen LogP contribution < -0.4 is 5.32 Å². The molecule has 1 aromatic rings. The molecule has 4 nitrogen and oxygen atoms in total. The zero-order valence-electron chi connectivity index (χ0n) is 13.6. The van der Waals surface area contributed by atoms with Crippen LogP contribution in [0.15, 0.2) is 16.8 Å². The van der Waals surface area contributed by atoms with Gasteiger partial charge >= 0.3 is 0 Å². The largest absolute Gasteiger partial charge is 0.369 e. The SMILES string of the molecule is O=C(NC[C@H]1CCC[C@]2(CCN(CC3CC3)C2)O1)c1ccsc1. The second kappa shape index (κ2) is 6.54. The Kier molecular flexibility index (Phi) is 4.43. The first-order valence-electron chi connectivity index (χ1n) is 8.93. The summed E-state index contributed by atoms with van der Waals surface area (Å²) in [6.45, 7) is 4.19. The summed E-state index contributed by atoms with van der Waals surface area (Å²) < 4.78 is 6.48. The summed E-state index contributed by atoms with van der Waals surface area (Å²) in [4.78, 5) is 14.7. The summed E-state index contributed by atoms with van der Waals surface area (Å²) in [5.41, 5.74) is 0.822. The van der Waals surface area contributed by atoms with E-state index >= 15 is 0 Å². The molecule has 3 aliphatic rings. The van der Waals surface area contributed by atoms with E-state index in [2.05, 4.69) is 10.2 Å². The fourth-order valence-electron chi connectivity index (χ4n) is 4.02. The van der Waals surface area contributed by atoms with Gasteiger partial charge in [-0.2, -0.15) is 11.3 Å². The highest BCUT2D eigenvalue weighted by Gasteiger charge is 2.43. The van der Waals surface area contributed by atoms with Crippen molar-refractivity contribution in [1.29, 1.82) is 0 Å². The highest BCUT2D eigenvalue weighted by Crippen LogP contribution is 2.38. The molecule has 1 amide bonds. The third-order valence-corrected chi connectivity index (χ3v) is 6.14. The number of nitrogens with one attached hydrogen (secondary N) is 1. The van der Waals surface area contributed by atoms with Crippen LogP contribution in [0.3, 0.4) is 0 Å². The maximum Gasteiger partial charge on any atom is 0.252 e. The molecule has 2 aliphatic heterocycles. The van der Waals surface area contributed by atoms with Gasteiger partial charge in [0.2, 0.25) is 0 Å². The number of rotatable bonds is 5. The van der Waals surface area contributed by atoms with E-state index in [1.807, 2.05) is 16.8 Å². The van der Waals surface area contributed by atoms with E-state index in [4.69, 9.17) is 4.74 Å². The number of likely N-dealkylation sites (tertiary alicyclic amines) is 1. The minimum Gasteiger partial charge on any atom is -0.369 e. The molecule has 3 heterocycles. The van der Waals surface area contributed by atoms with Crippen molar-refractivity contribution in [3.05, 3.63) is 22.4 Å². The van der Waals surface area contributed by atoms with Gasteiger partial charge in [0.05, 0.1) is 11.7 Å². The lowest BCUT2D eigenvalue weighted by Crippen LogP contribution is -2.47. The van der Waals surface area contributed by atoms with Gasteiger partial charge in [-0.3, -0.25) is 4.79 Å². The number of hydrogen-bond donors (Lipinski definition) is 1. The van der Waals surface area contributed by atoms with Crippen LogP contribution in [0.2, 0.25) is 0 Å². The molecule has 126 valence electrons. The van der Waals surface area contributed by atoms with Crippen molar-refractivity contribution < 1.29 is 9.53 Å². The summed E-state index contributed by atoms with van der Waals surface area (Å²) in [5.74, 6) is 0.977. The lowest BCUT2D eigenvalue weighted by molar-refractivity contribution is -0.118. The molecule has 0 bridgehead atoms. The highest BCUT2D eigenvalue weighted by molar-refractivity contribution is 7.08. The molecule has 1 N–H and O–H groups in total. The Hall–Kier alpha value is -0.910. The first kappa shape index (κ1) is 15.6. The monoisotopic (exact) mass is 334 g/mol. The number of carbonyl (C=O) groups is 1. The minimum absolute atomic E-state index is 0.0243. The van der Waals surface area contributed by atoms with Crippen LogP contribution in [0.1, 0.15) is 48.9 Å². The van der Waals surface area contributed by atoms with Crippen LogP contribution in [0.4, 0.5) is 0 Å². The molecule has 23 heavy (non-hydrogen) atoms. The van der Waals surface area contributed by atoms with Crippen LogP contribution in [-0.2, 0) is 4.74 Å². The Morgan fingerprint density at radius 2 is 2.30 bits per heavy atom. The molecular formula is C18H26N2O2S. The molecule has 1 saturated carbocycles. The molecule has 1 aliphatic carbocycles. The molecule has 2 saturated heterocycles. The molecule has 0 radical (unpaired) electrons. The molecule has 1 aromatic heterocycles. The predicted octanol–water partition coefficient (Wildman–Crippen LogP) is 2.90. The standard InChI is InChI=1S/C18H26N2O2S/c21-17(15-5-9-23-12-15)19-10-16-2-1-6-18(22-16)7-8-20(13-18)11-14-3-4-14/h5,9,12,14,16H,1-4,6-8,10-11,13H2,(H,19,21)/t16-,18-/m1/s1. The van der Waals surface area contributed by atoms with Crippen molar-refractivity contribution in [1.82, 2.24) is 10.2 Å². The molecule has 1 spiro atoms. The zero-order valence-corrected chi connectivity index (χ0v) is 14.4. The summed E-state index contributed by atoms with van der Waals surface area (Å²) >= 11 is 1.56. The molecule has 0 unspecified atom stereocenters. The van der Waals surface area contributed by atoms with Crippen LogP contribution in [0, 0.1) is 5.92 Å². The molecule has 5 heteroatoms. The van der Waals surface area contributed by atoms with Crippen LogP contribution in [0.25, 0.3) is 0 Å². The van der Waals surface area contributed by atoms with Gasteiger partial charge < -0.3 is 15.0 Å². The van der Waals surface area contributed by atoms with Crippen molar-refractivity contribution in [2.24, 2.45) is 5.92 Å².